The summed E-state index contributed by atoms with van der Waals surface area (Å²) in [5, 5.41) is 37.1. The fourth-order valence-corrected chi connectivity index (χ4v) is 1.16. The topological polar surface area (TPSA) is 116 Å². The van der Waals surface area contributed by atoms with Crippen LogP contribution < -0.4 is 0 Å². The van der Waals surface area contributed by atoms with Crippen LogP contribution in [0.25, 0.3) is 0 Å². The predicted molar refractivity (Wildman–Crippen MR) is 61.7 cm³/mol. The smallest absolute Gasteiger partial charge is 0.333 e. The van der Waals surface area contributed by atoms with Gasteiger partial charge < -0.3 is 29.9 Å². The van der Waals surface area contributed by atoms with Gasteiger partial charge in [0.25, 0.3) is 0 Å². The molecule has 0 saturated heterocycles. The van der Waals surface area contributed by atoms with Crippen LogP contribution in [0.2, 0.25) is 0 Å². The van der Waals surface area contributed by atoms with Crippen LogP contribution in [0, 0.1) is 0 Å². The summed E-state index contributed by atoms with van der Waals surface area (Å²) in [5.74, 6) is -0.748. The van der Waals surface area contributed by atoms with Crippen LogP contribution >= 0.6 is 0 Å². The van der Waals surface area contributed by atoms with E-state index in [9.17, 15) is 20.1 Å². The van der Waals surface area contributed by atoms with Gasteiger partial charge in [0.1, 0.15) is 18.3 Å². The molecule has 0 aromatic heterocycles. The molecule has 0 fully saturated rings. The Morgan fingerprint density at radius 3 is 2.22 bits per heavy atom. The highest BCUT2D eigenvalue weighted by Crippen LogP contribution is 2.10. The van der Waals surface area contributed by atoms with E-state index in [1.807, 2.05) is 0 Å². The Hall–Kier alpha value is -0.990. The van der Waals surface area contributed by atoms with Gasteiger partial charge >= 0.3 is 5.97 Å². The number of carbonyl (C=O) groups excluding carboxylic acids is 1. The maximum absolute atomic E-state index is 11.3. The standard InChI is InChI=1S/C11H20O7/c1-6(2)11(16)18-8(5-17-3)10(15)9(14)7(13)4-12/h7-10,12-15H,1,4-5H2,2-3H3/t7-,8+,9-,10-/m1/s1. The zero-order valence-electron chi connectivity index (χ0n) is 10.4. The second-order valence-electron chi connectivity index (χ2n) is 3.91. The summed E-state index contributed by atoms with van der Waals surface area (Å²) in [6.45, 7) is 3.90. The van der Waals surface area contributed by atoms with Gasteiger partial charge in [-0.15, -0.1) is 0 Å². The number of hydrogen-bond donors (Lipinski definition) is 4. The van der Waals surface area contributed by atoms with Crippen LogP contribution in [0.3, 0.4) is 0 Å². The Bertz CT molecular complexity index is 279. The van der Waals surface area contributed by atoms with Gasteiger partial charge in [-0.2, -0.15) is 0 Å². The molecular formula is C11H20O7. The average molecular weight is 264 g/mol. The van der Waals surface area contributed by atoms with Gasteiger partial charge in [0.15, 0.2) is 6.10 Å². The zero-order valence-corrected chi connectivity index (χ0v) is 10.4. The Kier molecular flexibility index (Phi) is 7.72. The molecule has 0 aromatic rings. The highest BCUT2D eigenvalue weighted by molar-refractivity contribution is 5.87. The molecule has 0 aliphatic heterocycles. The Labute approximate surface area is 105 Å². The number of aliphatic hydroxyl groups is 4. The maximum Gasteiger partial charge on any atom is 0.333 e. The summed E-state index contributed by atoms with van der Waals surface area (Å²) in [4.78, 5) is 11.3. The molecule has 0 radical (unpaired) electrons. The molecule has 0 aliphatic rings. The Balaban J connectivity index is 4.66. The first-order valence-corrected chi connectivity index (χ1v) is 5.35. The molecule has 0 rings (SSSR count). The fraction of sp³-hybridized carbons (Fsp3) is 0.727. The van der Waals surface area contributed by atoms with E-state index in [4.69, 9.17) is 14.6 Å². The lowest BCUT2D eigenvalue weighted by atomic mass is 10.0. The largest absolute Gasteiger partial charge is 0.454 e. The lowest BCUT2D eigenvalue weighted by Gasteiger charge is -2.28. The number of carbonyl (C=O) groups is 1. The van der Waals surface area contributed by atoms with Crippen LogP contribution in [0.1, 0.15) is 6.92 Å². The van der Waals surface area contributed by atoms with Gasteiger partial charge in [0, 0.05) is 12.7 Å². The molecule has 7 heteroatoms. The van der Waals surface area contributed by atoms with Crippen molar-refractivity contribution >= 4 is 5.97 Å². The van der Waals surface area contributed by atoms with Crippen LogP contribution in [0.15, 0.2) is 12.2 Å². The number of esters is 1. The predicted octanol–water partition coefficient (Wildman–Crippen LogP) is -1.80. The Morgan fingerprint density at radius 2 is 1.83 bits per heavy atom. The van der Waals surface area contributed by atoms with E-state index in [2.05, 4.69) is 6.58 Å². The summed E-state index contributed by atoms with van der Waals surface area (Å²) in [5.41, 5.74) is 0.125. The van der Waals surface area contributed by atoms with Crippen molar-refractivity contribution in [1.29, 1.82) is 0 Å². The number of methoxy groups -OCH3 is 1. The van der Waals surface area contributed by atoms with E-state index in [-0.39, 0.29) is 12.2 Å². The number of hydrogen-bond acceptors (Lipinski definition) is 7. The van der Waals surface area contributed by atoms with E-state index in [0.717, 1.165) is 0 Å². The van der Waals surface area contributed by atoms with Crippen LogP contribution in [-0.2, 0) is 14.3 Å². The first kappa shape index (κ1) is 17.0. The van der Waals surface area contributed by atoms with Crippen molar-refractivity contribution in [3.05, 3.63) is 12.2 Å². The van der Waals surface area contributed by atoms with Gasteiger partial charge in [-0.3, -0.25) is 0 Å². The molecule has 0 saturated carbocycles. The zero-order chi connectivity index (χ0) is 14.3. The molecule has 4 N–H and O–H groups in total. The molecule has 0 heterocycles. The monoisotopic (exact) mass is 264 g/mol. The minimum Gasteiger partial charge on any atom is -0.454 e. The van der Waals surface area contributed by atoms with Crippen LogP contribution in [0.5, 0.6) is 0 Å². The third-order valence-electron chi connectivity index (χ3n) is 2.25. The normalized spacial score (nSPS) is 17.7. The van der Waals surface area contributed by atoms with Gasteiger partial charge in [0.2, 0.25) is 0 Å². The first-order valence-electron chi connectivity index (χ1n) is 5.35. The summed E-state index contributed by atoms with van der Waals surface area (Å²) in [6.07, 6.45) is -5.96. The van der Waals surface area contributed by atoms with E-state index >= 15 is 0 Å². The average Bonchev–Trinajstić information content (AvgIpc) is 2.35. The molecule has 106 valence electrons. The quantitative estimate of drug-likeness (QED) is 0.302. The van der Waals surface area contributed by atoms with Crippen molar-refractivity contribution in [3.8, 4) is 0 Å². The SMILES string of the molecule is C=C(C)C(=O)O[C@@H](COC)[C@@H](O)[C@H](O)[C@H](O)CO. The highest BCUT2D eigenvalue weighted by atomic mass is 16.6. The Morgan fingerprint density at radius 1 is 1.28 bits per heavy atom. The minimum atomic E-state index is -1.66. The van der Waals surface area contributed by atoms with Gasteiger partial charge in [-0.25, -0.2) is 4.79 Å². The van der Waals surface area contributed by atoms with E-state index in [1.165, 1.54) is 14.0 Å². The highest BCUT2D eigenvalue weighted by Gasteiger charge is 2.33. The van der Waals surface area contributed by atoms with Crippen molar-refractivity contribution in [3.63, 3.8) is 0 Å². The minimum absolute atomic E-state index is 0.125. The summed E-state index contributed by atoms with van der Waals surface area (Å²) >= 11 is 0. The maximum atomic E-state index is 11.3. The van der Waals surface area contributed by atoms with E-state index in [1.54, 1.807) is 0 Å². The number of rotatable bonds is 8. The lowest BCUT2D eigenvalue weighted by molar-refractivity contribution is -0.168. The molecule has 18 heavy (non-hydrogen) atoms. The van der Waals surface area contributed by atoms with Crippen molar-refractivity contribution in [2.45, 2.75) is 31.3 Å². The van der Waals surface area contributed by atoms with Crippen molar-refractivity contribution in [2.24, 2.45) is 0 Å². The van der Waals surface area contributed by atoms with Crippen molar-refractivity contribution in [1.82, 2.24) is 0 Å². The molecule has 4 atom stereocenters. The molecular weight excluding hydrogens is 244 g/mol. The molecule has 0 bridgehead atoms. The summed E-state index contributed by atoms with van der Waals surface area (Å²) in [7, 11) is 1.32. The van der Waals surface area contributed by atoms with Gasteiger partial charge in [-0.05, 0) is 6.92 Å². The first-order chi connectivity index (χ1) is 8.34. The molecule has 0 spiro atoms. The molecule has 0 aromatic carbocycles. The number of ether oxygens (including phenoxy) is 2. The third-order valence-corrected chi connectivity index (χ3v) is 2.25. The second kappa shape index (κ2) is 8.17. The molecule has 0 unspecified atom stereocenters. The fourth-order valence-electron chi connectivity index (χ4n) is 1.16. The van der Waals surface area contributed by atoms with Gasteiger partial charge in [-0.1, -0.05) is 6.58 Å². The second-order valence-corrected chi connectivity index (χ2v) is 3.91. The summed E-state index contributed by atoms with van der Waals surface area (Å²) < 4.78 is 9.61. The summed E-state index contributed by atoms with van der Waals surface area (Å²) in [6, 6.07) is 0. The van der Waals surface area contributed by atoms with Crippen LogP contribution in [-0.4, -0.2) is 71.1 Å². The number of aliphatic hydroxyl groups excluding tert-OH is 4. The van der Waals surface area contributed by atoms with Crippen LogP contribution in [0.4, 0.5) is 0 Å². The molecule has 0 aliphatic carbocycles. The lowest BCUT2D eigenvalue weighted by Crippen LogP contribution is -2.49. The molecule has 7 nitrogen and oxygen atoms in total. The van der Waals surface area contributed by atoms with E-state index < -0.39 is 37.0 Å². The molecule has 0 amide bonds. The third kappa shape index (κ3) is 5.11. The van der Waals surface area contributed by atoms with E-state index in [0.29, 0.717) is 0 Å². The van der Waals surface area contributed by atoms with Crippen molar-refractivity contribution < 1.29 is 34.7 Å². The van der Waals surface area contributed by atoms with Crippen molar-refractivity contribution in [2.75, 3.05) is 20.3 Å². The van der Waals surface area contributed by atoms with Gasteiger partial charge in [0.05, 0.1) is 13.2 Å².